The van der Waals surface area contributed by atoms with E-state index >= 15 is 0 Å². The van der Waals surface area contributed by atoms with Crippen LogP contribution in [0.2, 0.25) is 0 Å². The summed E-state index contributed by atoms with van der Waals surface area (Å²) in [7, 11) is 2.04. The molecule has 0 bridgehead atoms. The van der Waals surface area contributed by atoms with Crippen molar-refractivity contribution in [2.75, 3.05) is 25.5 Å². The average molecular weight is 360 g/mol. The fourth-order valence-corrected chi connectivity index (χ4v) is 2.97. The number of carbonyl (C=O) groups is 1. The Bertz CT molecular complexity index is 802. The first-order valence-electron chi connectivity index (χ1n) is 8.65. The molecule has 26 heavy (non-hydrogen) atoms. The zero-order valence-electron chi connectivity index (χ0n) is 14.9. The molecule has 2 aromatic carbocycles. The van der Waals surface area contributed by atoms with Gasteiger partial charge in [-0.3, -0.25) is 4.79 Å². The number of piperidine rings is 1. The highest BCUT2D eigenvalue weighted by atomic mass is 19.1. The summed E-state index contributed by atoms with van der Waals surface area (Å²) in [5.41, 5.74) is 0.552. The summed E-state index contributed by atoms with van der Waals surface area (Å²) < 4.78 is 34.4. The lowest BCUT2D eigenvalue weighted by molar-refractivity contribution is 0.102. The number of halogens is 2. The van der Waals surface area contributed by atoms with Gasteiger partial charge in [0.2, 0.25) is 0 Å². The van der Waals surface area contributed by atoms with E-state index in [0.29, 0.717) is 5.56 Å². The molecule has 0 saturated carbocycles. The van der Waals surface area contributed by atoms with Crippen molar-refractivity contribution in [1.82, 2.24) is 4.90 Å². The lowest BCUT2D eigenvalue weighted by Gasteiger charge is -2.29. The largest absolute Gasteiger partial charge is 0.487 e. The van der Waals surface area contributed by atoms with Crippen molar-refractivity contribution in [2.24, 2.45) is 0 Å². The molecule has 1 aliphatic heterocycles. The predicted molar refractivity (Wildman–Crippen MR) is 96.6 cm³/mol. The van der Waals surface area contributed by atoms with Crippen LogP contribution in [0.15, 0.2) is 36.4 Å². The van der Waals surface area contributed by atoms with Gasteiger partial charge in [-0.05, 0) is 56.6 Å². The van der Waals surface area contributed by atoms with Crippen LogP contribution in [0.1, 0.15) is 28.8 Å². The molecule has 0 spiro atoms. The van der Waals surface area contributed by atoms with Gasteiger partial charge in [0.05, 0.1) is 11.3 Å². The van der Waals surface area contributed by atoms with Crippen molar-refractivity contribution in [3.63, 3.8) is 0 Å². The van der Waals surface area contributed by atoms with Crippen LogP contribution in [0.5, 0.6) is 5.75 Å². The zero-order valence-corrected chi connectivity index (χ0v) is 14.9. The number of ether oxygens (including phenoxy) is 1. The number of nitrogens with one attached hydrogen (secondary N) is 1. The maximum absolute atomic E-state index is 14.7. The van der Waals surface area contributed by atoms with Crippen molar-refractivity contribution in [1.29, 1.82) is 0 Å². The van der Waals surface area contributed by atoms with Crippen molar-refractivity contribution in [3.8, 4) is 5.75 Å². The highest BCUT2D eigenvalue weighted by molar-refractivity contribution is 6.04. The summed E-state index contributed by atoms with van der Waals surface area (Å²) in [5, 5.41) is 2.43. The van der Waals surface area contributed by atoms with Crippen LogP contribution in [-0.2, 0) is 0 Å². The van der Waals surface area contributed by atoms with Crippen LogP contribution in [-0.4, -0.2) is 37.0 Å². The van der Waals surface area contributed by atoms with Crippen LogP contribution in [0.25, 0.3) is 0 Å². The maximum atomic E-state index is 14.7. The second kappa shape index (κ2) is 7.83. The Kier molecular flexibility index (Phi) is 5.52. The Morgan fingerprint density at radius 2 is 1.92 bits per heavy atom. The minimum atomic E-state index is -0.696. The minimum Gasteiger partial charge on any atom is -0.487 e. The molecule has 138 valence electrons. The number of nitrogens with zero attached hydrogens (tertiary/aromatic N) is 1. The van der Waals surface area contributed by atoms with E-state index in [-0.39, 0.29) is 23.1 Å². The average Bonchev–Trinajstić information content (AvgIpc) is 2.60. The summed E-state index contributed by atoms with van der Waals surface area (Å²) >= 11 is 0. The van der Waals surface area contributed by atoms with Crippen molar-refractivity contribution in [2.45, 2.75) is 25.9 Å². The van der Waals surface area contributed by atoms with Crippen molar-refractivity contribution < 1.29 is 18.3 Å². The Morgan fingerprint density at radius 1 is 1.19 bits per heavy atom. The SMILES string of the molecule is Cc1ccc(C(=O)Nc2cccc(OC3CCN(C)CC3)c2F)c(F)c1. The number of benzene rings is 2. The Hall–Kier alpha value is -2.47. The number of rotatable bonds is 4. The lowest BCUT2D eigenvalue weighted by Crippen LogP contribution is -2.35. The first-order chi connectivity index (χ1) is 12.4. The molecule has 1 saturated heterocycles. The number of aryl methyl sites for hydroxylation is 1. The van der Waals surface area contributed by atoms with Gasteiger partial charge < -0.3 is 15.0 Å². The number of hydrogen-bond acceptors (Lipinski definition) is 3. The quantitative estimate of drug-likeness (QED) is 0.896. The summed E-state index contributed by atoms with van der Waals surface area (Å²) in [6, 6.07) is 8.86. The monoisotopic (exact) mass is 360 g/mol. The summed E-state index contributed by atoms with van der Waals surface area (Å²) in [4.78, 5) is 14.5. The lowest BCUT2D eigenvalue weighted by atomic mass is 10.1. The normalized spacial score (nSPS) is 15.7. The van der Waals surface area contributed by atoms with Gasteiger partial charge in [-0.1, -0.05) is 12.1 Å². The molecule has 0 unspecified atom stereocenters. The van der Waals surface area contributed by atoms with Crippen LogP contribution < -0.4 is 10.1 Å². The van der Waals surface area contributed by atoms with Crippen LogP contribution >= 0.6 is 0 Å². The molecule has 1 N–H and O–H groups in total. The van der Waals surface area contributed by atoms with Gasteiger partial charge in [0.15, 0.2) is 11.6 Å². The van der Waals surface area contributed by atoms with E-state index in [0.717, 1.165) is 25.9 Å². The molecule has 3 rings (SSSR count). The molecule has 2 aromatic rings. The molecule has 1 aliphatic rings. The van der Waals surface area contributed by atoms with Gasteiger partial charge >= 0.3 is 0 Å². The van der Waals surface area contributed by atoms with Gasteiger partial charge in [0, 0.05) is 13.1 Å². The Labute approximate surface area is 151 Å². The second-order valence-electron chi connectivity index (χ2n) is 6.68. The van der Waals surface area contributed by atoms with E-state index in [4.69, 9.17) is 4.74 Å². The maximum Gasteiger partial charge on any atom is 0.258 e. The highest BCUT2D eigenvalue weighted by Crippen LogP contribution is 2.27. The predicted octanol–water partition coefficient (Wildman–Crippen LogP) is 4.00. The van der Waals surface area contributed by atoms with Crippen LogP contribution in [0.4, 0.5) is 14.5 Å². The first kappa shape index (κ1) is 18.3. The topological polar surface area (TPSA) is 41.6 Å². The highest BCUT2D eigenvalue weighted by Gasteiger charge is 2.21. The molecule has 0 atom stereocenters. The van der Waals surface area contributed by atoms with Gasteiger partial charge in [-0.25, -0.2) is 8.78 Å². The number of likely N-dealkylation sites (tertiary alicyclic amines) is 1. The van der Waals surface area contributed by atoms with Crippen LogP contribution in [0.3, 0.4) is 0 Å². The van der Waals surface area contributed by atoms with Gasteiger partial charge in [-0.2, -0.15) is 0 Å². The standard InChI is InChI=1S/C20H22F2N2O2/c1-13-6-7-15(16(21)12-13)20(25)23-17-4-3-5-18(19(17)22)26-14-8-10-24(2)11-9-14/h3-7,12,14H,8-11H2,1-2H3,(H,23,25). The van der Waals surface area contributed by atoms with Crippen molar-refractivity contribution in [3.05, 3.63) is 59.2 Å². The van der Waals surface area contributed by atoms with Gasteiger partial charge in [0.25, 0.3) is 5.91 Å². The third kappa shape index (κ3) is 4.19. The number of amides is 1. The van der Waals surface area contributed by atoms with E-state index in [1.54, 1.807) is 19.1 Å². The van der Waals surface area contributed by atoms with Crippen molar-refractivity contribution >= 4 is 11.6 Å². The van der Waals surface area contributed by atoms with E-state index < -0.39 is 17.5 Å². The van der Waals surface area contributed by atoms with E-state index in [1.807, 2.05) is 7.05 Å². The number of carbonyl (C=O) groups excluding carboxylic acids is 1. The third-order valence-corrected chi connectivity index (χ3v) is 4.54. The Morgan fingerprint density at radius 3 is 2.62 bits per heavy atom. The molecule has 1 heterocycles. The molecular formula is C20H22F2N2O2. The molecule has 1 fully saturated rings. The smallest absolute Gasteiger partial charge is 0.258 e. The molecular weight excluding hydrogens is 338 g/mol. The fourth-order valence-electron chi connectivity index (χ4n) is 2.97. The number of anilines is 1. The molecule has 1 amide bonds. The fraction of sp³-hybridized carbons (Fsp3) is 0.350. The summed E-state index contributed by atoms with van der Waals surface area (Å²) in [6.07, 6.45) is 1.59. The second-order valence-corrected chi connectivity index (χ2v) is 6.68. The van der Waals surface area contributed by atoms with E-state index in [2.05, 4.69) is 10.2 Å². The molecule has 0 aliphatic carbocycles. The molecule has 0 aromatic heterocycles. The molecule has 4 nitrogen and oxygen atoms in total. The van der Waals surface area contributed by atoms with Gasteiger partial charge in [0.1, 0.15) is 11.9 Å². The van der Waals surface area contributed by atoms with Crippen LogP contribution in [0, 0.1) is 18.6 Å². The van der Waals surface area contributed by atoms with Gasteiger partial charge in [-0.15, -0.1) is 0 Å². The Balaban J connectivity index is 1.73. The van der Waals surface area contributed by atoms with E-state index in [9.17, 15) is 13.6 Å². The third-order valence-electron chi connectivity index (χ3n) is 4.54. The number of hydrogen-bond donors (Lipinski definition) is 1. The van der Waals surface area contributed by atoms with E-state index in [1.165, 1.54) is 24.3 Å². The minimum absolute atomic E-state index is 0.0274. The first-order valence-corrected chi connectivity index (χ1v) is 8.65. The summed E-state index contributed by atoms with van der Waals surface area (Å²) in [6.45, 7) is 3.53. The zero-order chi connectivity index (χ0) is 18.7. The molecule has 6 heteroatoms. The molecule has 0 radical (unpaired) electrons. The summed E-state index contributed by atoms with van der Waals surface area (Å²) in [5.74, 6) is -1.88.